The Morgan fingerprint density at radius 2 is 0.809 bits per heavy atom. The Balaban J connectivity index is 1.64. The summed E-state index contributed by atoms with van der Waals surface area (Å²) in [4.78, 5) is 61.7. The van der Waals surface area contributed by atoms with Gasteiger partial charge in [0.05, 0.1) is 56.3 Å². The van der Waals surface area contributed by atoms with Gasteiger partial charge in [-0.2, -0.15) is 0 Å². The van der Waals surface area contributed by atoms with Gasteiger partial charge in [0, 0.05) is 0 Å². The monoisotopic (exact) mass is 642 g/mol. The molecule has 12 heteroatoms. The highest BCUT2D eigenvalue weighted by atomic mass is 16.5. The first kappa shape index (κ1) is 33.7. The minimum Gasteiger partial charge on any atom is -0.489 e. The molecule has 4 aromatic carbocycles. The number of methoxy groups -OCH3 is 4. The molecule has 0 aliphatic rings. The molecule has 0 unspecified atom stereocenters. The van der Waals surface area contributed by atoms with E-state index in [1.54, 1.807) is 48.5 Å². The van der Waals surface area contributed by atoms with Crippen molar-refractivity contribution >= 4 is 29.8 Å². The number of carbonyl (C=O) groups excluding carboxylic acids is 5. The summed E-state index contributed by atoms with van der Waals surface area (Å²) in [5.74, 6) is -2.79. The van der Waals surface area contributed by atoms with Crippen molar-refractivity contribution in [3.63, 3.8) is 0 Å². The fraction of sp³-hybridized carbons (Fsp3) is 0.171. The predicted molar refractivity (Wildman–Crippen MR) is 165 cm³/mol. The van der Waals surface area contributed by atoms with Gasteiger partial charge in [-0.25, -0.2) is 24.0 Å². The molecule has 242 valence electrons. The Kier molecular flexibility index (Phi) is 11.3. The van der Waals surface area contributed by atoms with Crippen LogP contribution in [0.25, 0.3) is 0 Å². The lowest BCUT2D eigenvalue weighted by Gasteiger charge is -2.14. The molecule has 0 aliphatic carbocycles. The first-order valence-electron chi connectivity index (χ1n) is 13.9. The zero-order valence-electron chi connectivity index (χ0n) is 25.9. The second kappa shape index (κ2) is 15.7. The molecule has 0 N–H and O–H groups in total. The second-order valence-corrected chi connectivity index (χ2v) is 9.78. The quantitative estimate of drug-likeness (QED) is 0.113. The summed E-state index contributed by atoms with van der Waals surface area (Å²) < 4.78 is 36.7. The first-order chi connectivity index (χ1) is 22.6. The van der Waals surface area contributed by atoms with Crippen molar-refractivity contribution < 1.29 is 57.1 Å². The lowest BCUT2D eigenvalue weighted by Crippen LogP contribution is -2.10. The summed E-state index contributed by atoms with van der Waals surface area (Å²) in [6.45, 7) is -0.168. The van der Waals surface area contributed by atoms with Gasteiger partial charge in [0.2, 0.25) is 0 Å². The molecule has 0 heterocycles. The second-order valence-electron chi connectivity index (χ2n) is 9.78. The van der Waals surface area contributed by atoms with Gasteiger partial charge in [-0.3, -0.25) is 0 Å². The summed E-state index contributed by atoms with van der Waals surface area (Å²) >= 11 is 0. The molecular weight excluding hydrogens is 612 g/mol. The molecule has 4 aromatic rings. The zero-order chi connectivity index (χ0) is 33.9. The van der Waals surface area contributed by atoms with Gasteiger partial charge in [0.1, 0.15) is 30.5 Å². The lowest BCUT2D eigenvalue weighted by molar-refractivity contribution is 0.0580. The number of hydrogen-bond acceptors (Lipinski definition) is 12. The van der Waals surface area contributed by atoms with Crippen LogP contribution in [-0.4, -0.2) is 58.3 Å². The molecule has 0 saturated heterocycles. The van der Waals surface area contributed by atoms with Crippen LogP contribution in [0.5, 0.6) is 17.2 Å². The van der Waals surface area contributed by atoms with Crippen LogP contribution in [0.15, 0.2) is 84.9 Å². The number of carbonyl (C=O) groups is 5. The van der Waals surface area contributed by atoms with Crippen molar-refractivity contribution in [1.29, 1.82) is 0 Å². The summed E-state index contributed by atoms with van der Waals surface area (Å²) in [5, 5.41) is 0. The van der Waals surface area contributed by atoms with Crippen molar-refractivity contribution in [2.45, 2.75) is 13.2 Å². The highest BCUT2D eigenvalue weighted by molar-refractivity contribution is 5.97. The molecule has 0 spiro atoms. The number of esters is 5. The molecule has 0 aliphatic heterocycles. The van der Waals surface area contributed by atoms with E-state index in [9.17, 15) is 24.0 Å². The van der Waals surface area contributed by atoms with E-state index in [2.05, 4.69) is 0 Å². The van der Waals surface area contributed by atoms with Crippen LogP contribution in [0.4, 0.5) is 0 Å². The highest BCUT2D eigenvalue weighted by Gasteiger charge is 2.17. The molecule has 0 radical (unpaired) electrons. The molecule has 4 rings (SSSR count). The van der Waals surface area contributed by atoms with Crippen LogP contribution in [-0.2, 0) is 32.2 Å². The van der Waals surface area contributed by atoms with Crippen LogP contribution in [0.3, 0.4) is 0 Å². The first-order valence-corrected chi connectivity index (χ1v) is 13.9. The standard InChI is InChI=1S/C35H30O12/c1-41-31(36)24-13-25(32(37)42-2)16-28(15-24)45-19-21-10-22(12-30(11-21)47-35(40)23-8-6-5-7-9-23)20-46-29-17-26(33(38)43-3)14-27(18-29)34(39)44-4/h5-18H,19-20H2,1-4H3. The minimum atomic E-state index is -0.679. The normalized spacial score (nSPS) is 10.3. The predicted octanol–water partition coefficient (Wildman–Crippen LogP) is 5.21. The van der Waals surface area contributed by atoms with Crippen molar-refractivity contribution in [1.82, 2.24) is 0 Å². The zero-order valence-corrected chi connectivity index (χ0v) is 25.9. The van der Waals surface area contributed by atoms with Crippen molar-refractivity contribution in [2.24, 2.45) is 0 Å². The summed E-state index contributed by atoms with van der Waals surface area (Å²) in [6.07, 6.45) is 0. The van der Waals surface area contributed by atoms with Crippen LogP contribution >= 0.6 is 0 Å². The fourth-order valence-electron chi connectivity index (χ4n) is 4.34. The topological polar surface area (TPSA) is 150 Å². The molecule has 0 aromatic heterocycles. The van der Waals surface area contributed by atoms with Gasteiger partial charge < -0.3 is 33.2 Å². The average molecular weight is 643 g/mol. The van der Waals surface area contributed by atoms with Gasteiger partial charge in [-0.1, -0.05) is 18.2 Å². The van der Waals surface area contributed by atoms with Gasteiger partial charge in [-0.15, -0.1) is 0 Å². The van der Waals surface area contributed by atoms with E-state index in [0.29, 0.717) is 16.7 Å². The van der Waals surface area contributed by atoms with E-state index in [1.807, 2.05) is 0 Å². The Morgan fingerprint density at radius 3 is 1.17 bits per heavy atom. The third-order valence-electron chi connectivity index (χ3n) is 6.55. The molecule has 0 fully saturated rings. The van der Waals surface area contributed by atoms with E-state index in [-0.39, 0.29) is 52.7 Å². The van der Waals surface area contributed by atoms with E-state index < -0.39 is 29.8 Å². The number of hydrogen-bond donors (Lipinski definition) is 0. The smallest absolute Gasteiger partial charge is 0.343 e. The Morgan fingerprint density at radius 1 is 0.426 bits per heavy atom. The summed E-state index contributed by atoms with van der Waals surface area (Å²) in [7, 11) is 4.84. The molecule has 0 amide bonds. The van der Waals surface area contributed by atoms with Crippen molar-refractivity contribution in [3.05, 3.63) is 124 Å². The van der Waals surface area contributed by atoms with Crippen molar-refractivity contribution in [2.75, 3.05) is 28.4 Å². The van der Waals surface area contributed by atoms with Crippen LogP contribution in [0.2, 0.25) is 0 Å². The van der Waals surface area contributed by atoms with Crippen LogP contribution < -0.4 is 14.2 Å². The molecule has 12 nitrogen and oxygen atoms in total. The maximum Gasteiger partial charge on any atom is 0.343 e. The Hall–Kier alpha value is -6.17. The maximum atomic E-state index is 12.9. The van der Waals surface area contributed by atoms with Crippen LogP contribution in [0, 0.1) is 0 Å². The van der Waals surface area contributed by atoms with Crippen molar-refractivity contribution in [3.8, 4) is 17.2 Å². The fourth-order valence-corrected chi connectivity index (χ4v) is 4.34. The van der Waals surface area contributed by atoms with Gasteiger partial charge >= 0.3 is 29.8 Å². The van der Waals surface area contributed by atoms with Gasteiger partial charge in [0.15, 0.2) is 0 Å². The van der Waals surface area contributed by atoms with E-state index in [1.165, 1.54) is 64.8 Å². The third-order valence-corrected chi connectivity index (χ3v) is 6.55. The van der Waals surface area contributed by atoms with E-state index in [4.69, 9.17) is 33.2 Å². The van der Waals surface area contributed by atoms with E-state index in [0.717, 1.165) is 0 Å². The molecule has 0 atom stereocenters. The maximum absolute atomic E-state index is 12.9. The summed E-state index contributed by atoms with van der Waals surface area (Å²) in [5.41, 5.74) is 1.69. The van der Waals surface area contributed by atoms with E-state index >= 15 is 0 Å². The Bertz CT molecular complexity index is 1630. The number of rotatable bonds is 12. The van der Waals surface area contributed by atoms with Gasteiger partial charge in [-0.05, 0) is 77.9 Å². The SMILES string of the molecule is COC(=O)c1cc(OCc2cc(COc3cc(C(=O)OC)cc(C(=O)OC)c3)cc(OC(=O)c3ccccc3)c2)cc(C(=O)OC)c1. The minimum absolute atomic E-state index is 0.0746. The molecule has 0 bridgehead atoms. The van der Waals surface area contributed by atoms with Crippen LogP contribution in [0.1, 0.15) is 62.9 Å². The third kappa shape index (κ3) is 8.94. The molecule has 47 heavy (non-hydrogen) atoms. The Labute approximate surface area is 269 Å². The largest absolute Gasteiger partial charge is 0.489 e. The number of ether oxygens (including phenoxy) is 7. The highest BCUT2D eigenvalue weighted by Crippen LogP contribution is 2.25. The summed E-state index contributed by atoms with van der Waals surface area (Å²) in [6, 6.07) is 21.6. The average Bonchev–Trinajstić information content (AvgIpc) is 3.11. The number of benzene rings is 4. The van der Waals surface area contributed by atoms with Gasteiger partial charge in [0.25, 0.3) is 0 Å². The molecule has 0 saturated carbocycles. The lowest BCUT2D eigenvalue weighted by atomic mass is 10.1. The molecular formula is C35H30O12.